The number of piperazine rings is 1. The van der Waals surface area contributed by atoms with Gasteiger partial charge >= 0.3 is 6.09 Å². The Morgan fingerprint density at radius 1 is 1.38 bits per heavy atom. The van der Waals surface area contributed by atoms with Crippen LogP contribution in [0.2, 0.25) is 0 Å². The molecule has 0 aliphatic carbocycles. The van der Waals surface area contributed by atoms with Crippen LogP contribution in [0, 0.1) is 11.3 Å². The summed E-state index contributed by atoms with van der Waals surface area (Å²) in [6, 6.07) is 8.74. The van der Waals surface area contributed by atoms with Gasteiger partial charge in [-0.1, -0.05) is 12.1 Å². The maximum absolute atomic E-state index is 12.5. The molecule has 2 N–H and O–H groups in total. The molecule has 1 atom stereocenters. The number of ether oxygens (including phenoxy) is 1. The van der Waals surface area contributed by atoms with Gasteiger partial charge in [-0.15, -0.1) is 0 Å². The molecule has 1 saturated heterocycles. The summed E-state index contributed by atoms with van der Waals surface area (Å²) in [4.78, 5) is 26.9. The molecule has 2 rings (SSSR count). The quantitative estimate of drug-likeness (QED) is 0.828. The van der Waals surface area contributed by atoms with E-state index in [1.807, 2.05) is 6.92 Å². The van der Waals surface area contributed by atoms with Crippen LogP contribution in [0.3, 0.4) is 0 Å². The van der Waals surface area contributed by atoms with Gasteiger partial charge in [0.05, 0.1) is 44.0 Å². The van der Waals surface area contributed by atoms with Crippen LogP contribution in [0.15, 0.2) is 24.3 Å². The summed E-state index contributed by atoms with van der Waals surface area (Å²) < 4.78 is 5.00. The van der Waals surface area contributed by atoms with Crippen LogP contribution in [0.5, 0.6) is 0 Å². The van der Waals surface area contributed by atoms with Gasteiger partial charge in [0.15, 0.2) is 6.04 Å². The molecular formula is C17H23N4O3+. The third kappa shape index (κ3) is 4.24. The van der Waals surface area contributed by atoms with Crippen LogP contribution in [0.25, 0.3) is 0 Å². The number of quaternary nitrogens is 1. The molecule has 1 aromatic carbocycles. The van der Waals surface area contributed by atoms with E-state index in [0.717, 1.165) is 4.90 Å². The lowest BCUT2D eigenvalue weighted by atomic mass is 10.1. The van der Waals surface area contributed by atoms with Gasteiger partial charge in [0, 0.05) is 0 Å². The second-order valence-corrected chi connectivity index (χ2v) is 5.71. The van der Waals surface area contributed by atoms with Gasteiger partial charge in [-0.2, -0.15) is 5.26 Å². The van der Waals surface area contributed by atoms with Crippen LogP contribution in [0.4, 0.5) is 10.5 Å². The molecule has 1 aliphatic heterocycles. The number of rotatable bonds is 4. The monoisotopic (exact) mass is 331 g/mol. The number of carbonyl (C=O) groups is 2. The summed E-state index contributed by atoms with van der Waals surface area (Å²) in [5.74, 6) is -0.128. The van der Waals surface area contributed by atoms with Crippen molar-refractivity contribution in [3.63, 3.8) is 0 Å². The van der Waals surface area contributed by atoms with Crippen molar-refractivity contribution in [1.82, 2.24) is 4.90 Å². The van der Waals surface area contributed by atoms with E-state index in [1.54, 1.807) is 36.1 Å². The number of carbonyl (C=O) groups excluding carboxylic acids is 2. The topological polar surface area (TPSA) is 86.9 Å². The van der Waals surface area contributed by atoms with Gasteiger partial charge in [0.1, 0.15) is 6.07 Å². The first-order chi connectivity index (χ1) is 11.6. The molecule has 2 amide bonds. The molecular weight excluding hydrogens is 308 g/mol. The highest BCUT2D eigenvalue weighted by Crippen LogP contribution is 2.13. The molecule has 7 heteroatoms. The molecule has 0 spiro atoms. The van der Waals surface area contributed by atoms with E-state index in [-0.39, 0.29) is 18.0 Å². The largest absolute Gasteiger partial charge is 0.450 e. The zero-order valence-electron chi connectivity index (χ0n) is 14.0. The Hall–Kier alpha value is -2.59. The summed E-state index contributed by atoms with van der Waals surface area (Å²) in [5, 5.41) is 11.9. The molecule has 128 valence electrons. The van der Waals surface area contributed by atoms with Gasteiger partial charge in [-0.05, 0) is 26.0 Å². The smallest absolute Gasteiger partial charge is 0.410 e. The summed E-state index contributed by atoms with van der Waals surface area (Å²) in [5.41, 5.74) is 0.974. The fraction of sp³-hybridized carbons (Fsp3) is 0.471. The molecule has 0 bridgehead atoms. The number of hydrogen-bond acceptors (Lipinski definition) is 4. The predicted octanol–water partition coefficient (Wildman–Crippen LogP) is 0.242. The van der Waals surface area contributed by atoms with Crippen molar-refractivity contribution in [2.75, 3.05) is 38.1 Å². The Labute approximate surface area is 141 Å². The Bertz CT molecular complexity index is 633. The van der Waals surface area contributed by atoms with Crippen LogP contribution >= 0.6 is 0 Å². The van der Waals surface area contributed by atoms with Crippen molar-refractivity contribution in [3.05, 3.63) is 29.8 Å². The predicted molar refractivity (Wildman–Crippen MR) is 88.5 cm³/mol. The van der Waals surface area contributed by atoms with Gasteiger partial charge in [0.2, 0.25) is 0 Å². The minimum absolute atomic E-state index is 0.128. The van der Waals surface area contributed by atoms with Crippen molar-refractivity contribution in [3.8, 4) is 6.07 Å². The number of amides is 2. The van der Waals surface area contributed by atoms with E-state index >= 15 is 0 Å². The van der Waals surface area contributed by atoms with Crippen LogP contribution in [-0.2, 0) is 9.53 Å². The molecule has 1 aromatic rings. The molecule has 1 aliphatic rings. The average molecular weight is 331 g/mol. The summed E-state index contributed by atoms with van der Waals surface area (Å²) >= 11 is 0. The molecule has 0 unspecified atom stereocenters. The third-order valence-electron chi connectivity index (χ3n) is 4.24. The maximum Gasteiger partial charge on any atom is 0.410 e. The lowest BCUT2D eigenvalue weighted by molar-refractivity contribution is -0.917. The second-order valence-electron chi connectivity index (χ2n) is 5.71. The number of anilines is 1. The highest BCUT2D eigenvalue weighted by atomic mass is 16.6. The Morgan fingerprint density at radius 3 is 2.67 bits per heavy atom. The van der Waals surface area contributed by atoms with Gasteiger partial charge in [0.25, 0.3) is 5.91 Å². The third-order valence-corrected chi connectivity index (χ3v) is 4.24. The van der Waals surface area contributed by atoms with Crippen molar-refractivity contribution in [1.29, 1.82) is 5.26 Å². The lowest BCUT2D eigenvalue weighted by Crippen LogP contribution is -3.19. The summed E-state index contributed by atoms with van der Waals surface area (Å²) in [7, 11) is 0. The SMILES string of the molecule is CCOC(=O)N1CC[NH+]([C@H](C)C(=O)Nc2ccccc2C#N)CC1. The summed E-state index contributed by atoms with van der Waals surface area (Å²) in [6.07, 6.45) is -0.295. The Balaban J connectivity index is 1.91. The van der Waals surface area contributed by atoms with E-state index in [4.69, 9.17) is 10.00 Å². The first-order valence-electron chi connectivity index (χ1n) is 8.13. The molecule has 24 heavy (non-hydrogen) atoms. The van der Waals surface area contributed by atoms with Crippen LogP contribution < -0.4 is 10.2 Å². The maximum atomic E-state index is 12.5. The highest BCUT2D eigenvalue weighted by Gasteiger charge is 2.31. The number of benzene rings is 1. The molecule has 0 aromatic heterocycles. The Morgan fingerprint density at radius 2 is 2.04 bits per heavy atom. The van der Waals surface area contributed by atoms with Gasteiger partial charge in [-0.3, -0.25) is 9.69 Å². The Kier molecular flexibility index (Phi) is 6.15. The summed E-state index contributed by atoms with van der Waals surface area (Å²) in [6.45, 7) is 6.52. The van der Waals surface area contributed by atoms with Crippen molar-refractivity contribution in [2.24, 2.45) is 0 Å². The van der Waals surface area contributed by atoms with Crippen molar-refractivity contribution < 1.29 is 19.2 Å². The number of para-hydroxylation sites is 1. The number of nitrogens with zero attached hydrogens (tertiary/aromatic N) is 2. The van der Waals surface area contributed by atoms with E-state index in [9.17, 15) is 9.59 Å². The molecule has 7 nitrogen and oxygen atoms in total. The lowest BCUT2D eigenvalue weighted by Gasteiger charge is -2.34. The van der Waals surface area contributed by atoms with Crippen LogP contribution in [0.1, 0.15) is 19.4 Å². The molecule has 1 heterocycles. The zero-order chi connectivity index (χ0) is 17.5. The van der Waals surface area contributed by atoms with Crippen molar-refractivity contribution >= 4 is 17.7 Å². The number of nitriles is 1. The average Bonchev–Trinajstić information content (AvgIpc) is 2.61. The fourth-order valence-electron chi connectivity index (χ4n) is 2.74. The minimum Gasteiger partial charge on any atom is -0.450 e. The van der Waals surface area contributed by atoms with E-state index in [1.165, 1.54) is 0 Å². The van der Waals surface area contributed by atoms with Gasteiger partial charge in [-0.25, -0.2) is 4.79 Å². The standard InChI is InChI=1S/C17H22N4O3/c1-3-24-17(23)21-10-8-20(9-11-21)13(2)16(22)19-15-7-5-4-6-14(15)12-18/h4-7,13H,3,8-11H2,1-2H3,(H,19,22)/p+1/t13-/m1/s1. The first kappa shape index (κ1) is 17.8. The van der Waals surface area contributed by atoms with E-state index < -0.39 is 0 Å². The van der Waals surface area contributed by atoms with E-state index in [0.29, 0.717) is 44.0 Å². The molecule has 0 radical (unpaired) electrons. The molecule has 1 fully saturated rings. The second kappa shape index (κ2) is 8.31. The fourth-order valence-corrected chi connectivity index (χ4v) is 2.74. The first-order valence-corrected chi connectivity index (χ1v) is 8.13. The minimum atomic E-state index is -0.295. The normalized spacial score (nSPS) is 16.1. The molecule has 0 saturated carbocycles. The van der Waals surface area contributed by atoms with Crippen LogP contribution in [-0.4, -0.2) is 55.7 Å². The van der Waals surface area contributed by atoms with Gasteiger partial charge < -0.3 is 15.0 Å². The van der Waals surface area contributed by atoms with Crippen molar-refractivity contribution in [2.45, 2.75) is 19.9 Å². The highest BCUT2D eigenvalue weighted by molar-refractivity contribution is 5.94. The zero-order valence-corrected chi connectivity index (χ0v) is 14.0. The number of nitrogens with one attached hydrogen (secondary N) is 2. The van der Waals surface area contributed by atoms with E-state index in [2.05, 4.69) is 11.4 Å². The number of hydrogen-bond donors (Lipinski definition) is 2.